The fourth-order valence-corrected chi connectivity index (χ4v) is 3.57. The van der Waals surface area contributed by atoms with Gasteiger partial charge in [-0.3, -0.25) is 14.3 Å². The van der Waals surface area contributed by atoms with Crippen LogP contribution in [0.5, 0.6) is 5.75 Å². The van der Waals surface area contributed by atoms with Crippen molar-refractivity contribution in [3.63, 3.8) is 0 Å². The van der Waals surface area contributed by atoms with E-state index < -0.39 is 0 Å². The van der Waals surface area contributed by atoms with Crippen molar-refractivity contribution in [3.8, 4) is 17.1 Å². The van der Waals surface area contributed by atoms with Gasteiger partial charge in [0.1, 0.15) is 12.1 Å². The number of pyridine rings is 2. The van der Waals surface area contributed by atoms with Gasteiger partial charge in [0.05, 0.1) is 35.0 Å². The predicted molar refractivity (Wildman–Crippen MR) is 120 cm³/mol. The molecule has 1 aliphatic rings. The van der Waals surface area contributed by atoms with E-state index in [2.05, 4.69) is 30.7 Å². The molecule has 0 radical (unpaired) electrons. The highest BCUT2D eigenvalue weighted by Gasteiger charge is 2.30. The van der Waals surface area contributed by atoms with Gasteiger partial charge in [0.15, 0.2) is 11.6 Å². The quantitative estimate of drug-likeness (QED) is 0.428. The van der Waals surface area contributed by atoms with Crippen LogP contribution in [0.15, 0.2) is 47.7 Å². The lowest BCUT2D eigenvalue weighted by Crippen LogP contribution is -2.16. The molecule has 10 heteroatoms. The first kappa shape index (κ1) is 19.7. The van der Waals surface area contributed by atoms with Gasteiger partial charge in [0.2, 0.25) is 5.91 Å². The van der Waals surface area contributed by atoms with Gasteiger partial charge in [-0.05, 0) is 31.0 Å². The van der Waals surface area contributed by atoms with Gasteiger partial charge < -0.3 is 20.4 Å². The minimum Gasteiger partial charge on any atom is -0.494 e. The molecule has 0 bridgehead atoms. The molecule has 10 nitrogen and oxygen atoms in total. The van der Waals surface area contributed by atoms with Gasteiger partial charge in [0.25, 0.3) is 5.56 Å². The molecule has 1 aliphatic carbocycles. The predicted octanol–water partition coefficient (Wildman–Crippen LogP) is 2.82. The van der Waals surface area contributed by atoms with E-state index in [-0.39, 0.29) is 17.4 Å². The Morgan fingerprint density at radius 3 is 2.81 bits per heavy atom. The van der Waals surface area contributed by atoms with E-state index in [4.69, 9.17) is 4.74 Å². The standard InChI is InChI=1S/C22H21N7O3/c1-29-11-24-20(28-29)13-4-3-5-15(19(13)32-2)25-16-10-17(27-21(30)12-6-7-12)26-14-8-9-23-22(31)18(14)16/h3-5,8-12H,6-7H2,1-2H3,(H,23,31)(H2,25,26,27,30). The van der Waals surface area contributed by atoms with Crippen LogP contribution in [-0.4, -0.2) is 37.7 Å². The normalized spacial score (nSPS) is 13.2. The van der Waals surface area contributed by atoms with E-state index in [9.17, 15) is 9.59 Å². The second kappa shape index (κ2) is 7.80. The number of aromatic amines is 1. The Labute approximate surface area is 182 Å². The summed E-state index contributed by atoms with van der Waals surface area (Å²) in [6.45, 7) is 0. The summed E-state index contributed by atoms with van der Waals surface area (Å²) < 4.78 is 7.28. The molecule has 3 heterocycles. The Morgan fingerprint density at radius 1 is 1.25 bits per heavy atom. The summed E-state index contributed by atoms with van der Waals surface area (Å²) in [4.78, 5) is 36.3. The van der Waals surface area contributed by atoms with Crippen molar-refractivity contribution in [1.29, 1.82) is 0 Å². The molecule has 0 spiro atoms. The number of aryl methyl sites for hydroxylation is 1. The monoisotopic (exact) mass is 431 g/mol. The minimum absolute atomic E-state index is 0.0331. The lowest BCUT2D eigenvalue weighted by molar-refractivity contribution is -0.117. The van der Waals surface area contributed by atoms with Gasteiger partial charge in [-0.2, -0.15) is 5.10 Å². The maximum absolute atomic E-state index is 12.6. The third-order valence-electron chi connectivity index (χ3n) is 5.26. The number of carbonyl (C=O) groups excluding carboxylic acids is 1. The molecule has 4 aromatic rings. The van der Waals surface area contributed by atoms with E-state index in [1.54, 1.807) is 37.3 Å². The summed E-state index contributed by atoms with van der Waals surface area (Å²) in [5, 5.41) is 10.9. The average molecular weight is 431 g/mol. The molecule has 0 atom stereocenters. The van der Waals surface area contributed by atoms with E-state index >= 15 is 0 Å². The summed E-state index contributed by atoms with van der Waals surface area (Å²) in [6.07, 6.45) is 4.91. The van der Waals surface area contributed by atoms with Crippen LogP contribution >= 0.6 is 0 Å². The van der Waals surface area contributed by atoms with Crippen LogP contribution in [0.1, 0.15) is 12.8 Å². The Bertz CT molecular complexity index is 1390. The molecule has 1 aromatic carbocycles. The van der Waals surface area contributed by atoms with Crippen LogP contribution < -0.4 is 20.9 Å². The van der Waals surface area contributed by atoms with Crippen LogP contribution in [0.4, 0.5) is 17.2 Å². The van der Waals surface area contributed by atoms with Crippen LogP contribution in [-0.2, 0) is 11.8 Å². The molecular weight excluding hydrogens is 410 g/mol. The lowest BCUT2D eigenvalue weighted by atomic mass is 10.1. The number of fused-ring (bicyclic) bond motifs is 1. The summed E-state index contributed by atoms with van der Waals surface area (Å²) in [7, 11) is 3.35. The zero-order valence-corrected chi connectivity index (χ0v) is 17.5. The SMILES string of the molecule is COc1c(Nc2cc(NC(=O)C3CC3)nc3cc[nH]c(=O)c23)cccc1-c1ncn(C)n1. The van der Waals surface area contributed by atoms with Crippen LogP contribution in [0.25, 0.3) is 22.3 Å². The first-order chi connectivity index (χ1) is 15.5. The van der Waals surface area contributed by atoms with Gasteiger partial charge >= 0.3 is 0 Å². The molecule has 0 unspecified atom stereocenters. The lowest BCUT2D eigenvalue weighted by Gasteiger charge is -2.16. The molecule has 1 amide bonds. The Hall–Kier alpha value is -4.21. The number of rotatable bonds is 6. The van der Waals surface area contributed by atoms with Crippen molar-refractivity contribution in [2.45, 2.75) is 12.8 Å². The number of anilines is 3. The van der Waals surface area contributed by atoms with E-state index in [0.717, 1.165) is 12.8 Å². The highest BCUT2D eigenvalue weighted by atomic mass is 16.5. The van der Waals surface area contributed by atoms with Crippen molar-refractivity contribution in [2.75, 3.05) is 17.7 Å². The van der Waals surface area contributed by atoms with Crippen LogP contribution in [0.2, 0.25) is 0 Å². The van der Waals surface area contributed by atoms with Gasteiger partial charge in [-0.1, -0.05) is 6.07 Å². The second-order valence-corrected chi connectivity index (χ2v) is 7.64. The Balaban J connectivity index is 1.60. The average Bonchev–Trinajstić information content (AvgIpc) is 3.54. The first-order valence-corrected chi connectivity index (χ1v) is 10.2. The zero-order valence-electron chi connectivity index (χ0n) is 17.5. The zero-order chi connectivity index (χ0) is 22.2. The smallest absolute Gasteiger partial charge is 0.259 e. The highest BCUT2D eigenvalue weighted by molar-refractivity contribution is 5.99. The van der Waals surface area contributed by atoms with E-state index in [0.29, 0.717) is 45.2 Å². The molecule has 1 fully saturated rings. The number of hydrogen-bond donors (Lipinski definition) is 3. The molecular formula is C22H21N7O3. The molecule has 0 aliphatic heterocycles. The molecule has 3 aromatic heterocycles. The van der Waals surface area contributed by atoms with Crippen LogP contribution in [0, 0.1) is 5.92 Å². The Morgan fingerprint density at radius 2 is 2.09 bits per heavy atom. The highest BCUT2D eigenvalue weighted by Crippen LogP contribution is 2.38. The summed E-state index contributed by atoms with van der Waals surface area (Å²) >= 11 is 0. The largest absolute Gasteiger partial charge is 0.494 e. The fourth-order valence-electron chi connectivity index (χ4n) is 3.57. The molecule has 0 saturated heterocycles. The fraction of sp³-hybridized carbons (Fsp3) is 0.227. The molecule has 5 rings (SSSR count). The number of ether oxygens (including phenoxy) is 1. The first-order valence-electron chi connectivity index (χ1n) is 10.2. The van der Waals surface area contributed by atoms with E-state index in [1.807, 2.05) is 18.2 Å². The number of benzene rings is 1. The summed E-state index contributed by atoms with van der Waals surface area (Å²) in [5.41, 5.74) is 1.98. The number of para-hydroxylation sites is 1. The van der Waals surface area contributed by atoms with Crippen molar-refractivity contribution in [3.05, 3.63) is 53.2 Å². The number of hydrogen-bond acceptors (Lipinski definition) is 7. The van der Waals surface area contributed by atoms with Gasteiger partial charge in [-0.25, -0.2) is 9.97 Å². The molecule has 162 valence electrons. The van der Waals surface area contributed by atoms with Gasteiger partial charge in [-0.15, -0.1) is 0 Å². The topological polar surface area (TPSA) is 127 Å². The summed E-state index contributed by atoms with van der Waals surface area (Å²) in [5.74, 6) is 1.39. The third kappa shape index (κ3) is 3.66. The third-order valence-corrected chi connectivity index (χ3v) is 5.26. The van der Waals surface area contributed by atoms with Crippen molar-refractivity contribution in [2.24, 2.45) is 13.0 Å². The maximum Gasteiger partial charge on any atom is 0.259 e. The number of nitrogens with one attached hydrogen (secondary N) is 3. The maximum atomic E-state index is 12.6. The minimum atomic E-state index is -0.293. The van der Waals surface area contributed by atoms with Gasteiger partial charge in [0, 0.05) is 25.2 Å². The van der Waals surface area contributed by atoms with Crippen molar-refractivity contribution < 1.29 is 9.53 Å². The summed E-state index contributed by atoms with van der Waals surface area (Å²) in [6, 6.07) is 8.89. The number of H-pyrrole nitrogens is 1. The number of nitrogens with zero attached hydrogens (tertiary/aromatic N) is 4. The Kier molecular flexibility index (Phi) is 4.81. The van der Waals surface area contributed by atoms with Crippen molar-refractivity contribution in [1.82, 2.24) is 24.7 Å². The van der Waals surface area contributed by atoms with E-state index in [1.165, 1.54) is 6.20 Å². The number of amides is 1. The molecule has 1 saturated carbocycles. The number of carbonyl (C=O) groups is 1. The number of methoxy groups -OCH3 is 1. The van der Waals surface area contributed by atoms with Crippen LogP contribution in [0.3, 0.4) is 0 Å². The molecule has 3 N–H and O–H groups in total. The molecule has 32 heavy (non-hydrogen) atoms. The number of aromatic nitrogens is 5. The second-order valence-electron chi connectivity index (χ2n) is 7.64. The van der Waals surface area contributed by atoms with Crippen molar-refractivity contribution >= 4 is 34.0 Å².